The number of fused-ring (bicyclic) bond motifs is 1. The van der Waals surface area contributed by atoms with Gasteiger partial charge in [0.2, 0.25) is 0 Å². The first-order chi connectivity index (χ1) is 12.7. The van der Waals surface area contributed by atoms with Crippen molar-refractivity contribution >= 4 is 59.0 Å². The number of ether oxygens (including phenoxy) is 1. The van der Waals surface area contributed by atoms with Gasteiger partial charge in [-0.05, 0) is 19.4 Å². The second kappa shape index (κ2) is 7.72. The van der Waals surface area contributed by atoms with Gasteiger partial charge in [0, 0.05) is 26.7 Å². The van der Waals surface area contributed by atoms with E-state index in [2.05, 4.69) is 4.98 Å². The minimum absolute atomic E-state index is 0.0262. The number of rotatable bonds is 6. The van der Waals surface area contributed by atoms with Crippen LogP contribution in [0, 0.1) is 0 Å². The maximum atomic E-state index is 12.4. The lowest BCUT2D eigenvalue weighted by Crippen LogP contribution is -2.43. The molecule has 1 amide bonds. The number of thiazole rings is 1. The number of esters is 1. The third kappa shape index (κ3) is 4.41. The fourth-order valence-corrected chi connectivity index (χ4v) is 6.71. The smallest absolute Gasteiger partial charge is 0.348 e. The molecule has 3 heterocycles. The first kappa shape index (κ1) is 20.0. The molecule has 1 aliphatic heterocycles. The number of hydrogen-bond donors (Lipinski definition) is 0. The van der Waals surface area contributed by atoms with Crippen LogP contribution in [0.5, 0.6) is 0 Å². The van der Waals surface area contributed by atoms with Gasteiger partial charge < -0.3 is 14.5 Å². The molecule has 1 aliphatic rings. The van der Waals surface area contributed by atoms with Crippen molar-refractivity contribution in [3.05, 3.63) is 10.9 Å². The highest BCUT2D eigenvalue weighted by molar-refractivity contribution is 7.91. The Labute approximate surface area is 165 Å². The molecule has 1 saturated heterocycles. The van der Waals surface area contributed by atoms with E-state index in [1.54, 1.807) is 13.0 Å². The van der Waals surface area contributed by atoms with Crippen molar-refractivity contribution < 1.29 is 22.7 Å². The summed E-state index contributed by atoms with van der Waals surface area (Å²) in [5, 5.41) is 0.858. The van der Waals surface area contributed by atoms with Gasteiger partial charge in [0.1, 0.15) is 9.71 Å². The first-order valence-corrected chi connectivity index (χ1v) is 11.9. The molecule has 3 rings (SSSR count). The first-order valence-electron chi connectivity index (χ1n) is 8.45. The lowest BCUT2D eigenvalue weighted by Gasteiger charge is -2.26. The van der Waals surface area contributed by atoms with Crippen LogP contribution in [0.3, 0.4) is 0 Å². The molecule has 0 aliphatic carbocycles. The van der Waals surface area contributed by atoms with Crippen LogP contribution < -0.4 is 4.90 Å². The molecule has 0 bridgehead atoms. The zero-order valence-electron chi connectivity index (χ0n) is 15.3. The topological polar surface area (TPSA) is 96.9 Å². The SMILES string of the molecule is CCN(C(=O)COC(=O)c1cc2sc(N(C)C)nc2s1)C1CCS(=O)(=O)C1. The van der Waals surface area contributed by atoms with Gasteiger partial charge in [0.25, 0.3) is 5.91 Å². The van der Waals surface area contributed by atoms with E-state index in [-0.39, 0.29) is 23.5 Å². The van der Waals surface area contributed by atoms with Crippen molar-refractivity contribution in [3.8, 4) is 0 Å². The van der Waals surface area contributed by atoms with E-state index in [4.69, 9.17) is 4.74 Å². The van der Waals surface area contributed by atoms with Crippen LogP contribution in [0.1, 0.15) is 23.0 Å². The van der Waals surface area contributed by atoms with Crippen molar-refractivity contribution in [2.75, 3.05) is 43.7 Å². The highest BCUT2D eigenvalue weighted by Crippen LogP contribution is 2.34. The lowest BCUT2D eigenvalue weighted by molar-refractivity contribution is -0.136. The number of hydrogen-bond acceptors (Lipinski definition) is 9. The normalized spacial score (nSPS) is 18.6. The molecule has 0 N–H and O–H groups in total. The van der Waals surface area contributed by atoms with Crippen LogP contribution >= 0.6 is 22.7 Å². The summed E-state index contributed by atoms with van der Waals surface area (Å²) in [5.41, 5.74) is 0. The van der Waals surface area contributed by atoms with Crippen LogP contribution in [-0.2, 0) is 19.4 Å². The summed E-state index contributed by atoms with van der Waals surface area (Å²) in [4.78, 5) is 33.6. The fourth-order valence-electron chi connectivity index (χ4n) is 2.96. The summed E-state index contributed by atoms with van der Waals surface area (Å²) < 4.78 is 29.3. The molecule has 0 saturated carbocycles. The Morgan fingerprint density at radius 2 is 2.07 bits per heavy atom. The average Bonchev–Trinajstić information content (AvgIpc) is 3.26. The van der Waals surface area contributed by atoms with Crippen molar-refractivity contribution in [3.63, 3.8) is 0 Å². The Morgan fingerprint density at radius 1 is 1.33 bits per heavy atom. The molecular formula is C16H21N3O5S3. The van der Waals surface area contributed by atoms with Gasteiger partial charge in [-0.1, -0.05) is 11.3 Å². The van der Waals surface area contributed by atoms with E-state index in [0.29, 0.717) is 17.8 Å². The summed E-state index contributed by atoms with van der Waals surface area (Å²) >= 11 is 2.71. The Kier molecular flexibility index (Phi) is 5.73. The molecule has 27 heavy (non-hydrogen) atoms. The average molecular weight is 432 g/mol. The Morgan fingerprint density at radius 3 is 2.63 bits per heavy atom. The van der Waals surface area contributed by atoms with Crippen LogP contribution in [0.4, 0.5) is 5.13 Å². The van der Waals surface area contributed by atoms with Crippen LogP contribution in [-0.4, -0.2) is 75.0 Å². The predicted molar refractivity (Wildman–Crippen MR) is 107 cm³/mol. The van der Waals surface area contributed by atoms with Gasteiger partial charge in [-0.3, -0.25) is 4.79 Å². The molecule has 0 radical (unpaired) electrons. The van der Waals surface area contributed by atoms with Crippen molar-refractivity contribution in [1.29, 1.82) is 0 Å². The molecule has 2 aromatic rings. The number of amides is 1. The van der Waals surface area contributed by atoms with Crippen LogP contribution in [0.15, 0.2) is 6.07 Å². The molecule has 0 aromatic carbocycles. The molecule has 1 fully saturated rings. The van der Waals surface area contributed by atoms with Gasteiger partial charge >= 0.3 is 5.97 Å². The standard InChI is InChI=1S/C16H21N3O5S3/c1-4-19(10-5-6-27(22,23)9-10)13(20)8-24-15(21)12-7-11-14(25-12)17-16(26-11)18(2)3/h7,10H,4-6,8-9H2,1-3H3. The minimum Gasteiger partial charge on any atom is -0.451 e. The molecule has 0 spiro atoms. The number of aromatic nitrogens is 1. The summed E-state index contributed by atoms with van der Waals surface area (Å²) in [6.45, 7) is 1.76. The monoisotopic (exact) mass is 431 g/mol. The summed E-state index contributed by atoms with van der Waals surface area (Å²) in [6, 6.07) is 1.38. The van der Waals surface area contributed by atoms with Gasteiger partial charge in [-0.15, -0.1) is 11.3 Å². The van der Waals surface area contributed by atoms with Gasteiger partial charge in [0.15, 0.2) is 21.6 Å². The molecule has 11 heteroatoms. The largest absolute Gasteiger partial charge is 0.451 e. The minimum atomic E-state index is -3.09. The number of sulfone groups is 1. The maximum absolute atomic E-state index is 12.4. The van der Waals surface area contributed by atoms with E-state index in [0.717, 1.165) is 14.7 Å². The number of carbonyl (C=O) groups excluding carboxylic acids is 2. The molecular weight excluding hydrogens is 410 g/mol. The highest BCUT2D eigenvalue weighted by Gasteiger charge is 2.34. The lowest BCUT2D eigenvalue weighted by atomic mass is 10.2. The third-order valence-corrected chi connectivity index (χ3v) is 8.36. The number of anilines is 1. The predicted octanol–water partition coefficient (Wildman–Crippen LogP) is 1.62. The zero-order valence-corrected chi connectivity index (χ0v) is 17.7. The Bertz CT molecular complexity index is 932. The van der Waals surface area contributed by atoms with Crippen LogP contribution in [0.25, 0.3) is 9.53 Å². The van der Waals surface area contributed by atoms with Crippen molar-refractivity contribution in [2.24, 2.45) is 0 Å². The van der Waals surface area contributed by atoms with Crippen LogP contribution in [0.2, 0.25) is 0 Å². The number of nitrogens with zero attached hydrogens (tertiary/aromatic N) is 3. The van der Waals surface area contributed by atoms with E-state index < -0.39 is 22.4 Å². The van der Waals surface area contributed by atoms with E-state index >= 15 is 0 Å². The fraction of sp³-hybridized carbons (Fsp3) is 0.562. The van der Waals surface area contributed by atoms with E-state index in [9.17, 15) is 18.0 Å². The quantitative estimate of drug-likeness (QED) is 0.641. The third-order valence-electron chi connectivity index (χ3n) is 4.30. The van der Waals surface area contributed by atoms with Crippen molar-refractivity contribution in [1.82, 2.24) is 9.88 Å². The number of thiophene rings is 1. The summed E-state index contributed by atoms with van der Waals surface area (Å²) in [6.07, 6.45) is 0.428. The van der Waals surface area contributed by atoms with Crippen molar-refractivity contribution in [2.45, 2.75) is 19.4 Å². The van der Waals surface area contributed by atoms with E-state index in [1.807, 2.05) is 19.0 Å². The van der Waals surface area contributed by atoms with Gasteiger partial charge in [-0.25, -0.2) is 18.2 Å². The molecule has 1 unspecified atom stereocenters. The van der Waals surface area contributed by atoms with Gasteiger partial charge in [-0.2, -0.15) is 0 Å². The summed E-state index contributed by atoms with van der Waals surface area (Å²) in [5.74, 6) is -0.879. The Balaban J connectivity index is 1.60. The highest BCUT2D eigenvalue weighted by atomic mass is 32.2. The maximum Gasteiger partial charge on any atom is 0.348 e. The number of carbonyl (C=O) groups is 2. The second-order valence-corrected chi connectivity index (χ2v) is 10.8. The molecule has 2 aromatic heterocycles. The molecule has 148 valence electrons. The second-order valence-electron chi connectivity index (χ2n) is 6.48. The van der Waals surface area contributed by atoms with Gasteiger partial charge in [0.05, 0.1) is 16.2 Å². The Hall–Kier alpha value is -1.72. The number of likely N-dealkylation sites (N-methyl/N-ethyl adjacent to an activating group) is 1. The summed E-state index contributed by atoms with van der Waals surface area (Å²) in [7, 11) is 0.716. The molecule has 8 nitrogen and oxygen atoms in total. The zero-order chi connectivity index (χ0) is 19.8. The van der Waals surface area contributed by atoms with E-state index in [1.165, 1.54) is 27.6 Å². The molecule has 1 atom stereocenters.